The van der Waals surface area contributed by atoms with Crippen molar-refractivity contribution in [1.82, 2.24) is 15.2 Å². The van der Waals surface area contributed by atoms with Gasteiger partial charge < -0.3 is 10.1 Å². The summed E-state index contributed by atoms with van der Waals surface area (Å²) < 4.78 is 6.87. The van der Waals surface area contributed by atoms with Crippen LogP contribution in [0, 0.1) is 0 Å². The average molecular weight is 333 g/mol. The van der Waals surface area contributed by atoms with E-state index in [0.717, 1.165) is 28.3 Å². The number of ether oxygens (including phenoxy) is 1. The van der Waals surface area contributed by atoms with Gasteiger partial charge in [-0.1, -0.05) is 12.1 Å². The van der Waals surface area contributed by atoms with E-state index in [1.54, 1.807) is 11.3 Å². The van der Waals surface area contributed by atoms with E-state index in [1.165, 1.54) is 0 Å². The minimum Gasteiger partial charge on any atom is -0.375 e. The molecule has 0 bridgehead atoms. The molecular weight excluding hydrogens is 310 g/mol. The molecule has 0 radical (unpaired) electrons. The zero-order valence-electron chi connectivity index (χ0n) is 13.6. The largest absolute Gasteiger partial charge is 0.375 e. The van der Waals surface area contributed by atoms with E-state index in [-0.39, 0.29) is 12.0 Å². The number of nitrogens with zero attached hydrogens (tertiary/aromatic N) is 2. The van der Waals surface area contributed by atoms with E-state index < -0.39 is 0 Å². The topological polar surface area (TPSA) is 54.5 Å². The van der Waals surface area contributed by atoms with Crippen molar-refractivity contribution in [2.45, 2.75) is 39.0 Å². The van der Waals surface area contributed by atoms with Gasteiger partial charge in [0.2, 0.25) is 5.91 Å². The van der Waals surface area contributed by atoms with Crippen LogP contribution in [0.4, 0.5) is 0 Å². The maximum Gasteiger partial charge on any atom is 0.223 e. The lowest BCUT2D eigenvalue weighted by molar-refractivity contribution is -0.126. The van der Waals surface area contributed by atoms with Crippen LogP contribution >= 0.6 is 11.3 Å². The number of amides is 1. The van der Waals surface area contributed by atoms with Gasteiger partial charge in [-0.15, -0.1) is 11.3 Å². The van der Waals surface area contributed by atoms with Gasteiger partial charge in [0, 0.05) is 19.1 Å². The highest BCUT2D eigenvalue weighted by Crippen LogP contribution is 2.21. The molecule has 2 aromatic rings. The number of hydrogen-bond donors (Lipinski definition) is 1. The van der Waals surface area contributed by atoms with Gasteiger partial charge in [0.05, 0.1) is 35.9 Å². The summed E-state index contributed by atoms with van der Waals surface area (Å²) in [5.41, 5.74) is 0.991. The van der Waals surface area contributed by atoms with Crippen molar-refractivity contribution in [3.05, 3.63) is 29.3 Å². The van der Waals surface area contributed by atoms with E-state index in [2.05, 4.69) is 35.1 Å². The zero-order valence-corrected chi connectivity index (χ0v) is 14.4. The number of para-hydroxylation sites is 1. The van der Waals surface area contributed by atoms with E-state index >= 15 is 0 Å². The Labute approximate surface area is 140 Å². The second-order valence-corrected chi connectivity index (χ2v) is 7.25. The third-order valence-corrected chi connectivity index (χ3v) is 5.12. The molecule has 1 aromatic carbocycles. The summed E-state index contributed by atoms with van der Waals surface area (Å²) >= 11 is 1.62. The van der Waals surface area contributed by atoms with Crippen molar-refractivity contribution < 1.29 is 9.53 Å². The van der Waals surface area contributed by atoms with Gasteiger partial charge in [0.1, 0.15) is 5.01 Å². The molecule has 6 heteroatoms. The van der Waals surface area contributed by atoms with Crippen LogP contribution in [0.5, 0.6) is 0 Å². The number of rotatable bonds is 5. The van der Waals surface area contributed by atoms with Crippen molar-refractivity contribution in [2.75, 3.05) is 19.7 Å². The molecule has 1 aromatic heterocycles. The first-order valence-corrected chi connectivity index (χ1v) is 8.90. The molecule has 0 saturated carbocycles. The van der Waals surface area contributed by atoms with Crippen LogP contribution in [-0.4, -0.2) is 47.6 Å². The summed E-state index contributed by atoms with van der Waals surface area (Å²) in [6, 6.07) is 8.52. The summed E-state index contributed by atoms with van der Waals surface area (Å²) in [6.45, 7) is 7.31. The molecule has 1 N–H and O–H groups in total. The lowest BCUT2D eigenvalue weighted by Gasteiger charge is -2.35. The highest BCUT2D eigenvalue weighted by Gasteiger charge is 2.24. The molecule has 1 fully saturated rings. The van der Waals surface area contributed by atoms with Crippen molar-refractivity contribution in [3.8, 4) is 0 Å². The summed E-state index contributed by atoms with van der Waals surface area (Å²) in [5.74, 6) is 0.0277. The second kappa shape index (κ2) is 7.38. The molecule has 3 rings (SSSR count). The number of aromatic nitrogens is 1. The van der Waals surface area contributed by atoms with E-state index in [9.17, 15) is 4.79 Å². The standard InChI is InChI=1S/C17H23N3O2S/c1-12(2)20-7-8-22-13(11-20)9-16(21)18-10-17-19-14-5-3-4-6-15(14)23-17/h3-6,12-13H,7-11H2,1-2H3,(H,18,21). The molecule has 1 atom stereocenters. The van der Waals surface area contributed by atoms with Gasteiger partial charge in [-0.25, -0.2) is 4.98 Å². The lowest BCUT2D eigenvalue weighted by Crippen LogP contribution is -2.47. The number of morpholine rings is 1. The lowest BCUT2D eigenvalue weighted by atomic mass is 10.1. The number of fused-ring (bicyclic) bond motifs is 1. The van der Waals surface area contributed by atoms with Gasteiger partial charge >= 0.3 is 0 Å². The minimum absolute atomic E-state index is 0.0125. The third kappa shape index (κ3) is 4.28. The maximum absolute atomic E-state index is 12.1. The molecule has 1 aliphatic rings. The first-order chi connectivity index (χ1) is 11.1. The summed E-state index contributed by atoms with van der Waals surface area (Å²) in [4.78, 5) is 19.0. The molecule has 5 nitrogen and oxygen atoms in total. The zero-order chi connectivity index (χ0) is 16.2. The Kier molecular flexibility index (Phi) is 5.25. The van der Waals surface area contributed by atoms with Crippen molar-refractivity contribution in [3.63, 3.8) is 0 Å². The highest BCUT2D eigenvalue weighted by atomic mass is 32.1. The first-order valence-electron chi connectivity index (χ1n) is 8.08. The molecule has 23 heavy (non-hydrogen) atoms. The van der Waals surface area contributed by atoms with Crippen LogP contribution in [0.1, 0.15) is 25.3 Å². The predicted octanol–water partition coefficient (Wildman–Crippen LogP) is 2.41. The Morgan fingerprint density at radius 2 is 2.30 bits per heavy atom. The van der Waals surface area contributed by atoms with Crippen molar-refractivity contribution in [2.24, 2.45) is 0 Å². The van der Waals surface area contributed by atoms with E-state index in [1.807, 2.05) is 18.2 Å². The minimum atomic E-state index is -0.0125. The Hall–Kier alpha value is -1.50. The predicted molar refractivity (Wildman–Crippen MR) is 92.5 cm³/mol. The second-order valence-electron chi connectivity index (χ2n) is 6.14. The maximum atomic E-state index is 12.1. The number of hydrogen-bond acceptors (Lipinski definition) is 5. The number of benzene rings is 1. The fourth-order valence-corrected chi connectivity index (χ4v) is 3.69. The van der Waals surface area contributed by atoms with E-state index in [4.69, 9.17) is 4.74 Å². The average Bonchev–Trinajstić information content (AvgIpc) is 2.96. The highest BCUT2D eigenvalue weighted by molar-refractivity contribution is 7.18. The monoisotopic (exact) mass is 333 g/mol. The van der Waals surface area contributed by atoms with Crippen molar-refractivity contribution >= 4 is 27.5 Å². The Bertz CT molecular complexity index is 638. The Balaban J connectivity index is 1.49. The van der Waals surface area contributed by atoms with Crippen LogP contribution in [0.2, 0.25) is 0 Å². The number of carbonyl (C=O) groups is 1. The van der Waals surface area contributed by atoms with Crippen molar-refractivity contribution in [1.29, 1.82) is 0 Å². The Morgan fingerprint density at radius 1 is 1.48 bits per heavy atom. The van der Waals surface area contributed by atoms with Gasteiger partial charge in [-0.05, 0) is 26.0 Å². The summed E-state index contributed by atoms with van der Waals surface area (Å²) in [7, 11) is 0. The molecule has 1 amide bonds. The fraction of sp³-hybridized carbons (Fsp3) is 0.529. The molecule has 1 saturated heterocycles. The van der Waals surface area contributed by atoms with E-state index in [0.29, 0.717) is 25.6 Å². The molecule has 124 valence electrons. The summed E-state index contributed by atoms with van der Waals surface area (Å²) in [6.07, 6.45) is 0.398. The molecule has 1 aliphatic heterocycles. The number of nitrogens with one attached hydrogen (secondary N) is 1. The van der Waals surface area contributed by atoms with Gasteiger partial charge in [-0.3, -0.25) is 9.69 Å². The number of thiazole rings is 1. The smallest absolute Gasteiger partial charge is 0.223 e. The molecule has 2 heterocycles. The number of carbonyl (C=O) groups excluding carboxylic acids is 1. The van der Waals surface area contributed by atoms with Crippen LogP contribution < -0.4 is 5.32 Å². The normalized spacial score (nSPS) is 19.3. The van der Waals surface area contributed by atoms with Gasteiger partial charge in [0.15, 0.2) is 0 Å². The van der Waals surface area contributed by atoms with Crippen LogP contribution in [0.3, 0.4) is 0 Å². The van der Waals surface area contributed by atoms with Gasteiger partial charge in [0.25, 0.3) is 0 Å². The molecular formula is C17H23N3O2S. The molecule has 1 unspecified atom stereocenters. The Morgan fingerprint density at radius 3 is 3.09 bits per heavy atom. The summed E-state index contributed by atoms with van der Waals surface area (Å²) in [5, 5.41) is 3.90. The fourth-order valence-electron chi connectivity index (χ4n) is 2.78. The quantitative estimate of drug-likeness (QED) is 0.913. The molecule has 0 spiro atoms. The van der Waals surface area contributed by atoms with Crippen LogP contribution in [0.15, 0.2) is 24.3 Å². The van der Waals surface area contributed by atoms with Crippen LogP contribution in [-0.2, 0) is 16.1 Å². The molecule has 0 aliphatic carbocycles. The SMILES string of the molecule is CC(C)N1CCOC(CC(=O)NCc2nc3ccccc3s2)C1. The van der Waals surface area contributed by atoms with Crippen LogP contribution in [0.25, 0.3) is 10.2 Å². The first kappa shape index (κ1) is 16.4. The third-order valence-electron chi connectivity index (χ3n) is 4.09. The van der Waals surface area contributed by atoms with Gasteiger partial charge in [-0.2, -0.15) is 0 Å².